The molecule has 0 fully saturated rings. The monoisotopic (exact) mass is 483 g/mol. The quantitative estimate of drug-likeness (QED) is 0.397. The number of rotatable bonds is 5. The minimum atomic E-state index is -3.79. The van der Waals surface area contributed by atoms with Crippen LogP contribution in [0.4, 0.5) is 13.2 Å². The number of hydrogen-bond donors (Lipinski definition) is 0. The van der Waals surface area contributed by atoms with Crippen LogP contribution in [0.25, 0.3) is 17.0 Å². The van der Waals surface area contributed by atoms with E-state index < -0.39 is 32.7 Å². The predicted molar refractivity (Wildman–Crippen MR) is 108 cm³/mol. The fourth-order valence-electron chi connectivity index (χ4n) is 2.84. The van der Waals surface area contributed by atoms with Crippen LogP contribution in [0, 0.1) is 5.82 Å². The number of amides is 1. The van der Waals surface area contributed by atoms with Crippen LogP contribution < -0.4 is 0 Å². The average molecular weight is 484 g/mol. The van der Waals surface area contributed by atoms with E-state index in [1.165, 1.54) is 24.5 Å². The van der Waals surface area contributed by atoms with Crippen LogP contribution in [0.2, 0.25) is 0 Å². The van der Waals surface area contributed by atoms with E-state index in [1.807, 2.05) is 0 Å². The van der Waals surface area contributed by atoms with Crippen molar-refractivity contribution in [2.75, 3.05) is 6.26 Å². The van der Waals surface area contributed by atoms with Gasteiger partial charge in [-0.3, -0.25) is 4.79 Å². The summed E-state index contributed by atoms with van der Waals surface area (Å²) in [4.78, 5) is 20.4. The molecule has 0 bridgehead atoms. The number of pyridine rings is 1. The lowest BCUT2D eigenvalue weighted by molar-refractivity contribution is -0.117. The minimum Gasteiger partial charge on any atom is -0.331 e. The molecule has 0 N–H and O–H groups in total. The molecule has 4 aromatic rings. The van der Waals surface area contributed by atoms with E-state index in [9.17, 15) is 22.2 Å². The molecule has 0 spiro atoms. The number of carbonyl (C=O) groups excluding carboxylic acids is 1. The second-order valence-electron chi connectivity index (χ2n) is 6.75. The number of hydrogen-bond acceptors (Lipinski definition) is 6. The number of imidazole rings is 1. The number of alkyl halides is 3. The molecule has 1 unspecified atom stereocenters. The first-order valence-electron chi connectivity index (χ1n) is 8.91. The van der Waals surface area contributed by atoms with Gasteiger partial charge in [0, 0.05) is 29.1 Å². The second-order valence-corrected chi connectivity index (χ2v) is 9.49. The first kappa shape index (κ1) is 22.0. The molecule has 8 nitrogen and oxygen atoms in total. The fraction of sp³-hybridized carbons (Fsp3) is 0.158. The standard InChI is InChI=1S/C19H13ClF3N5O3S/c1-32(30,14-4-2-12(21)3-5-14)27-16(29)9-13-10-28-7-6-11(8-15(28)24-13)17-25-18(31-26-17)19(20,22)23/h2-8,10H,9H2,1H3. The Bertz CT molecular complexity index is 1440. The minimum absolute atomic E-state index is 0.108. The highest BCUT2D eigenvalue weighted by molar-refractivity contribution is 7.93. The highest BCUT2D eigenvalue weighted by Crippen LogP contribution is 2.32. The summed E-state index contributed by atoms with van der Waals surface area (Å²) in [6.07, 6.45) is 4.20. The van der Waals surface area contributed by atoms with Gasteiger partial charge >= 0.3 is 11.3 Å². The second kappa shape index (κ2) is 8.02. The van der Waals surface area contributed by atoms with Crippen molar-refractivity contribution < 1.29 is 26.7 Å². The van der Waals surface area contributed by atoms with Gasteiger partial charge in [-0.25, -0.2) is 13.6 Å². The summed E-state index contributed by atoms with van der Waals surface area (Å²) >= 11 is 4.87. The van der Waals surface area contributed by atoms with Crippen molar-refractivity contribution in [3.63, 3.8) is 0 Å². The lowest BCUT2D eigenvalue weighted by Gasteiger charge is -2.03. The molecule has 0 aliphatic heterocycles. The molecule has 3 heterocycles. The lowest BCUT2D eigenvalue weighted by Crippen LogP contribution is -2.06. The van der Waals surface area contributed by atoms with Crippen molar-refractivity contribution in [2.45, 2.75) is 16.7 Å². The van der Waals surface area contributed by atoms with E-state index in [0.717, 1.165) is 12.1 Å². The van der Waals surface area contributed by atoms with E-state index >= 15 is 0 Å². The molecule has 3 aromatic heterocycles. The van der Waals surface area contributed by atoms with Gasteiger partial charge in [0.1, 0.15) is 11.5 Å². The van der Waals surface area contributed by atoms with Crippen LogP contribution in [0.15, 0.2) is 62.6 Å². The van der Waals surface area contributed by atoms with Gasteiger partial charge < -0.3 is 8.92 Å². The van der Waals surface area contributed by atoms with Gasteiger partial charge in [0.15, 0.2) is 0 Å². The Labute approximate surface area is 184 Å². The zero-order valence-electron chi connectivity index (χ0n) is 16.2. The molecular formula is C19H13ClF3N5O3S. The molecule has 166 valence electrons. The Balaban J connectivity index is 1.56. The molecule has 1 atom stereocenters. The molecule has 1 amide bonds. The first-order valence-corrected chi connectivity index (χ1v) is 11.2. The van der Waals surface area contributed by atoms with Gasteiger partial charge in [0.25, 0.3) is 5.91 Å². The van der Waals surface area contributed by atoms with Gasteiger partial charge in [-0.2, -0.15) is 18.1 Å². The maximum atomic E-state index is 13.1. The highest BCUT2D eigenvalue weighted by atomic mass is 35.5. The van der Waals surface area contributed by atoms with E-state index in [-0.39, 0.29) is 17.1 Å². The Morgan fingerprint density at radius 3 is 2.62 bits per heavy atom. The Hall–Kier alpha value is -3.25. The maximum Gasteiger partial charge on any atom is 0.400 e. The van der Waals surface area contributed by atoms with Crippen LogP contribution in [-0.2, 0) is 26.3 Å². The number of halogens is 4. The van der Waals surface area contributed by atoms with Gasteiger partial charge in [0.05, 0.1) is 21.8 Å². The van der Waals surface area contributed by atoms with Crippen LogP contribution in [0.3, 0.4) is 0 Å². The largest absolute Gasteiger partial charge is 0.400 e. The zero-order valence-corrected chi connectivity index (χ0v) is 17.8. The molecule has 13 heteroatoms. The third kappa shape index (κ3) is 4.65. The van der Waals surface area contributed by atoms with Gasteiger partial charge in [-0.15, -0.1) is 0 Å². The van der Waals surface area contributed by atoms with Crippen molar-refractivity contribution in [1.29, 1.82) is 0 Å². The Kier molecular flexibility index (Phi) is 5.51. The van der Waals surface area contributed by atoms with Gasteiger partial charge in [0.2, 0.25) is 5.82 Å². The number of benzene rings is 1. The van der Waals surface area contributed by atoms with Crippen molar-refractivity contribution in [3.05, 3.63) is 66.2 Å². The smallest absolute Gasteiger partial charge is 0.331 e. The van der Waals surface area contributed by atoms with Crippen molar-refractivity contribution >= 4 is 32.9 Å². The molecule has 4 rings (SSSR count). The fourth-order valence-corrected chi connectivity index (χ4v) is 4.11. The number of nitrogens with zero attached hydrogens (tertiary/aromatic N) is 5. The van der Waals surface area contributed by atoms with Crippen LogP contribution in [0.5, 0.6) is 0 Å². The molecule has 0 saturated carbocycles. The number of fused-ring (bicyclic) bond motifs is 1. The average Bonchev–Trinajstić information content (AvgIpc) is 3.33. The normalized spacial score (nSPS) is 13.8. The number of carbonyl (C=O) groups is 1. The summed E-state index contributed by atoms with van der Waals surface area (Å²) in [5, 5.41) is -0.309. The molecule has 1 aromatic carbocycles. The predicted octanol–water partition coefficient (Wildman–Crippen LogP) is 4.04. The van der Waals surface area contributed by atoms with Crippen LogP contribution in [0.1, 0.15) is 11.6 Å². The zero-order chi connectivity index (χ0) is 23.1. The maximum absolute atomic E-state index is 13.1. The summed E-state index contributed by atoms with van der Waals surface area (Å²) in [5.41, 5.74) is 1.06. The van der Waals surface area contributed by atoms with Crippen LogP contribution >= 0.6 is 11.6 Å². The summed E-state index contributed by atoms with van der Waals surface area (Å²) in [5.74, 6) is -2.30. The molecule has 0 radical (unpaired) electrons. The van der Waals surface area contributed by atoms with Gasteiger partial charge in [-0.05, 0) is 48.0 Å². The summed E-state index contributed by atoms with van der Waals surface area (Å²) in [6.45, 7) is 0. The van der Waals surface area contributed by atoms with E-state index in [0.29, 0.717) is 16.9 Å². The SMILES string of the molecule is CS(=O)(=NC(=O)Cc1cn2ccc(-c3noc(C(F)(F)Cl)n3)cc2n1)c1ccc(F)cc1. The van der Waals surface area contributed by atoms with E-state index in [4.69, 9.17) is 11.6 Å². The first-order chi connectivity index (χ1) is 15.0. The molecule has 0 aliphatic rings. The summed E-state index contributed by atoms with van der Waals surface area (Å²) < 4.78 is 61.8. The summed E-state index contributed by atoms with van der Waals surface area (Å²) in [6, 6.07) is 7.94. The molecule has 32 heavy (non-hydrogen) atoms. The molecular weight excluding hydrogens is 471 g/mol. The van der Waals surface area contributed by atoms with E-state index in [2.05, 4.69) is 24.0 Å². The number of aromatic nitrogens is 4. The van der Waals surface area contributed by atoms with Crippen molar-refractivity contribution in [3.8, 4) is 11.4 Å². The van der Waals surface area contributed by atoms with Gasteiger partial charge in [-0.1, -0.05) is 5.16 Å². The van der Waals surface area contributed by atoms with Crippen molar-refractivity contribution in [2.24, 2.45) is 4.36 Å². The highest BCUT2D eigenvalue weighted by Gasteiger charge is 2.35. The topological polar surface area (TPSA) is 103 Å². The molecule has 0 aliphatic carbocycles. The Morgan fingerprint density at radius 2 is 1.97 bits per heavy atom. The van der Waals surface area contributed by atoms with Crippen LogP contribution in [-0.4, -0.2) is 35.9 Å². The third-order valence-corrected chi connectivity index (χ3v) is 6.16. The molecule has 0 saturated heterocycles. The third-order valence-electron chi connectivity index (χ3n) is 4.30. The van der Waals surface area contributed by atoms with E-state index in [1.54, 1.807) is 22.9 Å². The Morgan fingerprint density at radius 1 is 1.25 bits per heavy atom. The van der Waals surface area contributed by atoms with Crippen molar-refractivity contribution in [1.82, 2.24) is 19.5 Å². The summed E-state index contributed by atoms with van der Waals surface area (Å²) in [7, 11) is -3.05. The lowest BCUT2D eigenvalue weighted by atomic mass is 10.2.